The highest BCUT2D eigenvalue weighted by Gasteiger charge is 2.71. The van der Waals surface area contributed by atoms with Gasteiger partial charge in [-0.25, -0.2) is 0 Å². The zero-order valence-corrected chi connectivity index (χ0v) is 14.1. The van der Waals surface area contributed by atoms with E-state index in [2.05, 4.69) is 0 Å². The lowest BCUT2D eigenvalue weighted by Crippen LogP contribution is -2.51. The highest BCUT2D eigenvalue weighted by molar-refractivity contribution is 6.00. The minimum Gasteiger partial charge on any atom is -0.373 e. The Balaban J connectivity index is 1.80. The van der Waals surface area contributed by atoms with Crippen LogP contribution in [0.3, 0.4) is 0 Å². The van der Waals surface area contributed by atoms with Crippen LogP contribution in [-0.4, -0.2) is 49.1 Å². The molecule has 1 spiro atoms. The lowest BCUT2D eigenvalue weighted by Gasteiger charge is -2.35. The van der Waals surface area contributed by atoms with Crippen molar-refractivity contribution in [2.24, 2.45) is 5.92 Å². The van der Waals surface area contributed by atoms with Crippen molar-refractivity contribution in [1.82, 2.24) is 0 Å². The second-order valence-electron chi connectivity index (χ2n) is 6.98. The molecule has 0 aromatic carbocycles. The molecule has 24 heavy (non-hydrogen) atoms. The van der Waals surface area contributed by atoms with E-state index in [1.165, 1.54) is 7.11 Å². The number of ether oxygens (including phenoxy) is 3. The van der Waals surface area contributed by atoms with Crippen molar-refractivity contribution in [3.8, 4) is 0 Å². The van der Waals surface area contributed by atoms with Gasteiger partial charge in [-0.05, 0) is 38.8 Å². The maximum Gasteiger partial charge on any atom is 0.412 e. The molecule has 0 aromatic heterocycles. The lowest BCUT2D eigenvalue weighted by atomic mass is 9.70. The number of hydrogen-bond donors (Lipinski definition) is 0. The van der Waals surface area contributed by atoms with E-state index >= 15 is 0 Å². The van der Waals surface area contributed by atoms with Crippen molar-refractivity contribution < 1.29 is 32.2 Å². The van der Waals surface area contributed by atoms with Gasteiger partial charge in [-0.1, -0.05) is 6.08 Å². The zero-order chi connectivity index (χ0) is 17.9. The highest BCUT2D eigenvalue weighted by atomic mass is 19.4. The fraction of sp³-hybridized carbons (Fsp3) is 0.706. The average molecular weight is 346 g/mol. The van der Waals surface area contributed by atoms with Gasteiger partial charge in [0.05, 0.1) is 18.6 Å². The first kappa shape index (κ1) is 17.6. The Morgan fingerprint density at radius 1 is 1.50 bits per heavy atom. The molecule has 1 unspecified atom stereocenters. The second-order valence-corrected chi connectivity index (χ2v) is 6.98. The van der Waals surface area contributed by atoms with Gasteiger partial charge in [0.2, 0.25) is 0 Å². The van der Waals surface area contributed by atoms with E-state index in [1.807, 2.05) is 6.92 Å². The van der Waals surface area contributed by atoms with Crippen LogP contribution in [0.4, 0.5) is 13.2 Å². The molecule has 2 saturated heterocycles. The molecule has 2 aliphatic heterocycles. The number of rotatable bonds is 4. The van der Waals surface area contributed by atoms with Gasteiger partial charge in [-0.15, -0.1) is 0 Å². The number of carbonyl (C=O) groups excluding carboxylic acids is 1. The predicted molar refractivity (Wildman–Crippen MR) is 79.4 cm³/mol. The molecule has 134 valence electrons. The molecule has 2 heterocycles. The van der Waals surface area contributed by atoms with Gasteiger partial charge in [0.15, 0.2) is 5.78 Å². The first-order valence-corrected chi connectivity index (χ1v) is 7.87. The summed E-state index contributed by atoms with van der Waals surface area (Å²) in [4.78, 5) is 12.4. The van der Waals surface area contributed by atoms with Crippen LogP contribution in [0, 0.1) is 5.92 Å². The van der Waals surface area contributed by atoms with Crippen LogP contribution in [-0.2, 0) is 19.0 Å². The number of epoxide rings is 2. The molecular weight excluding hydrogens is 325 g/mol. The van der Waals surface area contributed by atoms with Crippen LogP contribution < -0.4 is 0 Å². The van der Waals surface area contributed by atoms with Gasteiger partial charge in [0, 0.05) is 12.7 Å². The van der Waals surface area contributed by atoms with Crippen molar-refractivity contribution in [2.75, 3.05) is 13.7 Å². The normalized spacial score (nSPS) is 42.3. The van der Waals surface area contributed by atoms with E-state index in [4.69, 9.17) is 14.2 Å². The van der Waals surface area contributed by atoms with Gasteiger partial charge < -0.3 is 14.2 Å². The zero-order valence-electron chi connectivity index (χ0n) is 14.1. The van der Waals surface area contributed by atoms with Crippen molar-refractivity contribution in [1.29, 1.82) is 0 Å². The maximum absolute atomic E-state index is 12.6. The van der Waals surface area contributed by atoms with Gasteiger partial charge in [-0.3, -0.25) is 4.79 Å². The number of alkyl halides is 3. The van der Waals surface area contributed by atoms with Crippen molar-refractivity contribution in [3.05, 3.63) is 23.3 Å². The summed E-state index contributed by atoms with van der Waals surface area (Å²) in [5, 5.41) is 0. The van der Waals surface area contributed by atoms with Crippen LogP contribution in [0.1, 0.15) is 27.2 Å². The minimum atomic E-state index is -4.33. The summed E-state index contributed by atoms with van der Waals surface area (Å²) < 4.78 is 54.6. The van der Waals surface area contributed by atoms with E-state index < -0.39 is 35.2 Å². The summed E-state index contributed by atoms with van der Waals surface area (Å²) in [6.45, 7) is 5.04. The lowest BCUT2D eigenvalue weighted by molar-refractivity contribution is -0.133. The molecule has 0 aromatic rings. The summed E-state index contributed by atoms with van der Waals surface area (Å²) in [5.41, 5.74) is -1.40. The fourth-order valence-electron chi connectivity index (χ4n) is 3.76. The molecular formula is C17H21F3O4. The predicted octanol–water partition coefficient (Wildman–Crippen LogP) is 2.97. The van der Waals surface area contributed by atoms with Gasteiger partial charge in [-0.2, -0.15) is 13.2 Å². The topological polar surface area (TPSA) is 51.4 Å². The Hall–Kier alpha value is -1.18. The van der Waals surface area contributed by atoms with E-state index in [1.54, 1.807) is 13.0 Å². The van der Waals surface area contributed by atoms with Gasteiger partial charge in [0.25, 0.3) is 0 Å². The second kappa shape index (κ2) is 5.41. The molecule has 0 amide bonds. The third kappa shape index (κ3) is 2.72. The molecule has 3 rings (SSSR count). The number of methoxy groups -OCH3 is 1. The monoisotopic (exact) mass is 346 g/mol. The highest BCUT2D eigenvalue weighted by Crippen LogP contribution is 2.57. The number of ketones is 1. The van der Waals surface area contributed by atoms with E-state index in [0.29, 0.717) is 12.2 Å². The Bertz CT molecular complexity index is 618. The summed E-state index contributed by atoms with van der Waals surface area (Å²) >= 11 is 0. The Morgan fingerprint density at radius 2 is 2.12 bits per heavy atom. The largest absolute Gasteiger partial charge is 0.412 e. The molecule has 0 bridgehead atoms. The van der Waals surface area contributed by atoms with Crippen LogP contribution in [0.2, 0.25) is 0 Å². The van der Waals surface area contributed by atoms with Crippen molar-refractivity contribution in [3.63, 3.8) is 0 Å². The molecule has 4 nitrogen and oxygen atoms in total. The van der Waals surface area contributed by atoms with Crippen molar-refractivity contribution >= 4 is 5.78 Å². The summed E-state index contributed by atoms with van der Waals surface area (Å²) in [5.74, 6) is -0.489. The maximum atomic E-state index is 12.6. The molecule has 1 aliphatic carbocycles. The Morgan fingerprint density at radius 3 is 2.62 bits per heavy atom. The molecule has 3 aliphatic rings. The number of halogens is 3. The van der Waals surface area contributed by atoms with E-state index in [-0.39, 0.29) is 18.1 Å². The van der Waals surface area contributed by atoms with Gasteiger partial charge in [0.1, 0.15) is 17.3 Å². The minimum absolute atomic E-state index is 0.124. The van der Waals surface area contributed by atoms with Crippen LogP contribution in [0.15, 0.2) is 23.3 Å². The Labute approximate surface area is 138 Å². The number of carbonyl (C=O) groups is 1. The SMILES string of the molecule is CO[C@@H]1C(=O)C(C)=C[C@]2(CO2)[C@H]1C1(C)O[C@@H]1C/C=C(\C)C(F)(F)F. The molecule has 5 atom stereocenters. The van der Waals surface area contributed by atoms with Crippen LogP contribution in [0.25, 0.3) is 0 Å². The molecule has 2 fully saturated rings. The fourth-order valence-corrected chi connectivity index (χ4v) is 3.76. The molecule has 0 N–H and O–H groups in total. The van der Waals surface area contributed by atoms with Gasteiger partial charge >= 0.3 is 6.18 Å². The quantitative estimate of drug-likeness (QED) is 0.580. The summed E-state index contributed by atoms with van der Waals surface area (Å²) in [6.07, 6.45) is -2.35. The number of allylic oxidation sites excluding steroid dienone is 1. The standard InChI is InChI=1S/C17H21F3O4/c1-9-7-16(8-23-16)14(13(22-4)12(9)21)15(3)11(24-15)6-5-10(2)17(18,19)20/h5,7,11,13-14H,6,8H2,1-4H3/b10-5+/t11-,13-,14-,15?,16+/m1/s1. The smallest absolute Gasteiger partial charge is 0.373 e. The van der Waals surface area contributed by atoms with Crippen LogP contribution >= 0.6 is 0 Å². The Kier molecular flexibility index (Phi) is 3.97. The molecule has 7 heteroatoms. The number of Topliss-reactive ketones (excluding diaryl/α,β-unsaturated/α-hetero) is 1. The average Bonchev–Trinajstić information content (AvgIpc) is 3.38. The van der Waals surface area contributed by atoms with E-state index in [0.717, 1.165) is 13.0 Å². The third-order valence-electron chi connectivity index (χ3n) is 5.35. The molecule has 0 saturated carbocycles. The van der Waals surface area contributed by atoms with E-state index in [9.17, 15) is 18.0 Å². The first-order chi connectivity index (χ1) is 11.0. The summed E-state index contributed by atoms with van der Waals surface area (Å²) in [6, 6.07) is 0. The first-order valence-electron chi connectivity index (χ1n) is 7.87. The summed E-state index contributed by atoms with van der Waals surface area (Å²) in [7, 11) is 1.46. The third-order valence-corrected chi connectivity index (χ3v) is 5.35. The number of hydrogen-bond acceptors (Lipinski definition) is 4. The van der Waals surface area contributed by atoms with Crippen molar-refractivity contribution in [2.45, 2.75) is 56.8 Å². The van der Waals surface area contributed by atoms with Crippen LogP contribution in [0.5, 0.6) is 0 Å². The molecule has 0 radical (unpaired) electrons.